The van der Waals surface area contributed by atoms with Crippen LogP contribution < -0.4 is 5.32 Å². The summed E-state index contributed by atoms with van der Waals surface area (Å²) in [5.74, 6) is 0.468. The number of thioether (sulfide) groups is 1. The highest BCUT2D eigenvalue weighted by molar-refractivity contribution is 8.01. The van der Waals surface area contributed by atoms with Gasteiger partial charge < -0.3 is 5.32 Å². The number of hydrogen-bond acceptors (Lipinski definition) is 4. The molecule has 0 aliphatic heterocycles. The fourth-order valence-corrected chi connectivity index (χ4v) is 3.92. The van der Waals surface area contributed by atoms with Crippen LogP contribution in [0, 0.1) is 0 Å². The van der Waals surface area contributed by atoms with E-state index in [0.717, 1.165) is 27.4 Å². The highest BCUT2D eigenvalue weighted by Crippen LogP contribution is 2.30. The third-order valence-corrected chi connectivity index (χ3v) is 5.20. The summed E-state index contributed by atoms with van der Waals surface area (Å²) in [6.45, 7) is 4.15. The van der Waals surface area contributed by atoms with Crippen molar-refractivity contribution < 1.29 is 4.79 Å². The van der Waals surface area contributed by atoms with Gasteiger partial charge in [0.15, 0.2) is 4.34 Å². The van der Waals surface area contributed by atoms with Crippen molar-refractivity contribution in [2.24, 2.45) is 0 Å². The molecule has 3 nitrogen and oxygen atoms in total. The molecule has 0 fully saturated rings. The lowest BCUT2D eigenvalue weighted by molar-refractivity contribution is -0.119. The van der Waals surface area contributed by atoms with Crippen LogP contribution in [0.5, 0.6) is 0 Å². The number of fused-ring (bicyclic) bond motifs is 1. The number of carbonyl (C=O) groups excluding carboxylic acids is 1. The summed E-state index contributed by atoms with van der Waals surface area (Å²) in [4.78, 5) is 16.3. The van der Waals surface area contributed by atoms with E-state index in [-0.39, 0.29) is 11.9 Å². The van der Waals surface area contributed by atoms with Gasteiger partial charge in [-0.1, -0.05) is 36.7 Å². The van der Waals surface area contributed by atoms with Crippen LogP contribution in [0.4, 0.5) is 0 Å². The third-order valence-electron chi connectivity index (χ3n) is 2.79. The van der Waals surface area contributed by atoms with E-state index in [1.54, 1.807) is 11.3 Å². The van der Waals surface area contributed by atoms with Gasteiger partial charge in [-0.25, -0.2) is 4.98 Å². The summed E-state index contributed by atoms with van der Waals surface area (Å²) < 4.78 is 2.00. The van der Waals surface area contributed by atoms with Gasteiger partial charge in [-0.15, -0.1) is 11.3 Å². The number of halogens is 1. The molecule has 108 valence electrons. The number of rotatable bonds is 6. The normalized spacial score (nSPS) is 12.6. The van der Waals surface area contributed by atoms with Crippen molar-refractivity contribution in [2.75, 3.05) is 5.75 Å². The molecule has 0 saturated carbocycles. The molecule has 0 bridgehead atoms. The Labute approximate surface area is 132 Å². The Morgan fingerprint density at radius 1 is 1.55 bits per heavy atom. The van der Waals surface area contributed by atoms with Crippen molar-refractivity contribution in [1.82, 2.24) is 10.3 Å². The predicted molar refractivity (Wildman–Crippen MR) is 87.9 cm³/mol. The topological polar surface area (TPSA) is 42.0 Å². The van der Waals surface area contributed by atoms with Crippen molar-refractivity contribution in [1.29, 1.82) is 0 Å². The fraction of sp³-hybridized carbons (Fsp3) is 0.429. The first kappa shape index (κ1) is 15.6. The van der Waals surface area contributed by atoms with Gasteiger partial charge in [-0.05, 0) is 31.5 Å². The summed E-state index contributed by atoms with van der Waals surface area (Å²) in [7, 11) is 0. The molecule has 1 heterocycles. The zero-order valence-corrected chi connectivity index (χ0v) is 13.9. The number of amides is 1. The lowest BCUT2D eigenvalue weighted by atomic mass is 10.2. The smallest absolute Gasteiger partial charge is 0.230 e. The molecule has 0 radical (unpaired) electrons. The van der Waals surface area contributed by atoms with E-state index in [1.807, 2.05) is 25.1 Å². The van der Waals surface area contributed by atoms with E-state index >= 15 is 0 Å². The molecule has 2 rings (SSSR count). The molecule has 0 aliphatic rings. The first-order valence-electron chi connectivity index (χ1n) is 6.56. The minimum atomic E-state index is 0.0632. The van der Waals surface area contributed by atoms with E-state index in [1.165, 1.54) is 11.8 Å². The molecule has 1 N–H and O–H groups in total. The van der Waals surface area contributed by atoms with Crippen molar-refractivity contribution in [3.05, 3.63) is 23.2 Å². The Bertz CT molecular complexity index is 600. The fourth-order valence-electron chi connectivity index (χ4n) is 1.89. The summed E-state index contributed by atoms with van der Waals surface area (Å²) in [5.41, 5.74) is 0.893. The molecule has 20 heavy (non-hydrogen) atoms. The molecular formula is C14H17ClN2OS2. The van der Waals surface area contributed by atoms with Gasteiger partial charge in [0.1, 0.15) is 0 Å². The molecule has 0 spiro atoms. The molecule has 6 heteroatoms. The van der Waals surface area contributed by atoms with Crippen molar-refractivity contribution >= 4 is 50.8 Å². The molecule has 1 aromatic carbocycles. The van der Waals surface area contributed by atoms with Crippen LogP contribution in [-0.4, -0.2) is 22.7 Å². The third kappa shape index (κ3) is 4.36. The Kier molecular flexibility index (Phi) is 5.69. The first-order valence-corrected chi connectivity index (χ1v) is 8.74. The van der Waals surface area contributed by atoms with Crippen LogP contribution in [0.25, 0.3) is 10.2 Å². The minimum Gasteiger partial charge on any atom is -0.353 e. The molecule has 0 unspecified atom stereocenters. The second kappa shape index (κ2) is 7.29. The van der Waals surface area contributed by atoms with Crippen LogP contribution in [0.15, 0.2) is 22.5 Å². The largest absolute Gasteiger partial charge is 0.353 e. The number of hydrogen-bond donors (Lipinski definition) is 1. The highest BCUT2D eigenvalue weighted by Gasteiger charge is 2.10. The minimum absolute atomic E-state index is 0.0632. The number of thiazole rings is 1. The zero-order valence-electron chi connectivity index (χ0n) is 11.5. The van der Waals surface area contributed by atoms with Gasteiger partial charge >= 0.3 is 0 Å². The van der Waals surface area contributed by atoms with Gasteiger partial charge in [0.25, 0.3) is 0 Å². The van der Waals surface area contributed by atoms with Crippen LogP contribution >= 0.6 is 34.7 Å². The maximum atomic E-state index is 11.8. The molecular weight excluding hydrogens is 312 g/mol. The van der Waals surface area contributed by atoms with E-state index in [2.05, 4.69) is 17.2 Å². The van der Waals surface area contributed by atoms with Gasteiger partial charge in [0.05, 0.1) is 16.0 Å². The van der Waals surface area contributed by atoms with Crippen LogP contribution in [0.1, 0.15) is 26.7 Å². The molecule has 0 saturated heterocycles. The standard InChI is InChI=1S/C14H17ClN2OS2/c1-3-4-9(2)16-13(18)8-19-14-17-11-7-10(15)5-6-12(11)20-14/h5-7,9H,3-4,8H2,1-2H3,(H,16,18)/t9-/m1/s1. The number of nitrogens with zero attached hydrogens (tertiary/aromatic N) is 1. The average Bonchev–Trinajstić information content (AvgIpc) is 2.78. The molecule has 1 aromatic heterocycles. The number of aromatic nitrogens is 1. The maximum Gasteiger partial charge on any atom is 0.230 e. The van der Waals surface area contributed by atoms with E-state index in [9.17, 15) is 4.79 Å². The van der Waals surface area contributed by atoms with Gasteiger partial charge in [-0.3, -0.25) is 4.79 Å². The molecule has 1 amide bonds. The summed E-state index contributed by atoms with van der Waals surface area (Å²) >= 11 is 9.00. The maximum absolute atomic E-state index is 11.8. The van der Waals surface area contributed by atoms with Crippen molar-refractivity contribution in [2.45, 2.75) is 37.1 Å². The molecule has 0 aliphatic carbocycles. The summed E-state index contributed by atoms with van der Waals surface area (Å²) in [6.07, 6.45) is 2.09. The average molecular weight is 329 g/mol. The second-order valence-corrected chi connectivity index (χ2v) is 7.33. The molecule has 2 aromatic rings. The van der Waals surface area contributed by atoms with Crippen LogP contribution in [0.2, 0.25) is 5.02 Å². The van der Waals surface area contributed by atoms with E-state index < -0.39 is 0 Å². The highest BCUT2D eigenvalue weighted by atomic mass is 35.5. The lowest BCUT2D eigenvalue weighted by Gasteiger charge is -2.11. The number of nitrogens with one attached hydrogen (secondary N) is 1. The molecule has 1 atom stereocenters. The van der Waals surface area contributed by atoms with Crippen molar-refractivity contribution in [3.63, 3.8) is 0 Å². The number of benzene rings is 1. The Morgan fingerprint density at radius 2 is 2.35 bits per heavy atom. The predicted octanol–water partition coefficient (Wildman–Crippen LogP) is 4.35. The van der Waals surface area contributed by atoms with Gasteiger partial charge in [-0.2, -0.15) is 0 Å². The Balaban J connectivity index is 1.90. The van der Waals surface area contributed by atoms with E-state index in [4.69, 9.17) is 11.6 Å². The monoisotopic (exact) mass is 328 g/mol. The first-order chi connectivity index (χ1) is 9.58. The van der Waals surface area contributed by atoms with Gasteiger partial charge in [0.2, 0.25) is 5.91 Å². The van der Waals surface area contributed by atoms with Crippen LogP contribution in [-0.2, 0) is 4.79 Å². The van der Waals surface area contributed by atoms with Crippen LogP contribution in [0.3, 0.4) is 0 Å². The Hall–Kier alpha value is -0.780. The Morgan fingerprint density at radius 3 is 3.10 bits per heavy atom. The zero-order chi connectivity index (χ0) is 14.5. The van der Waals surface area contributed by atoms with Crippen molar-refractivity contribution in [3.8, 4) is 0 Å². The van der Waals surface area contributed by atoms with Gasteiger partial charge in [0, 0.05) is 11.1 Å². The lowest BCUT2D eigenvalue weighted by Crippen LogP contribution is -2.33. The number of carbonyl (C=O) groups is 1. The van der Waals surface area contributed by atoms with E-state index in [0.29, 0.717) is 10.8 Å². The summed E-state index contributed by atoms with van der Waals surface area (Å²) in [5, 5.41) is 3.68. The second-order valence-electron chi connectivity index (χ2n) is 4.64. The SMILES string of the molecule is CCC[C@@H](C)NC(=O)CSc1nc2cc(Cl)ccc2s1. The summed E-state index contributed by atoms with van der Waals surface area (Å²) in [6, 6.07) is 5.90. The quantitative estimate of drug-likeness (QED) is 0.802.